The summed E-state index contributed by atoms with van der Waals surface area (Å²) in [4.78, 5) is 38.6. The van der Waals surface area contributed by atoms with Crippen molar-refractivity contribution in [3.63, 3.8) is 0 Å². The summed E-state index contributed by atoms with van der Waals surface area (Å²) in [6.07, 6.45) is 1.57. The van der Waals surface area contributed by atoms with Crippen molar-refractivity contribution >= 4 is 51.6 Å². The van der Waals surface area contributed by atoms with E-state index in [1.54, 1.807) is 13.0 Å². The van der Waals surface area contributed by atoms with Gasteiger partial charge in [-0.3, -0.25) is 14.1 Å². The number of hydrogen-bond acceptors (Lipinski definition) is 9. The number of hydrogen-bond donors (Lipinski definition) is 1. The SMILES string of the molecule is CCOC(=O)C1=NN(c2ccc(S(=O)(=O)O)cc2)C(=O)C1=Cc1ccc2c(c1)C(C)(C)C(C)N2CCOC=O. The van der Waals surface area contributed by atoms with Gasteiger partial charge in [-0.05, 0) is 67.4 Å². The van der Waals surface area contributed by atoms with Crippen LogP contribution in [0.5, 0.6) is 0 Å². The maximum absolute atomic E-state index is 13.4. The molecule has 0 fully saturated rings. The fourth-order valence-electron chi connectivity index (χ4n) is 4.74. The van der Waals surface area contributed by atoms with E-state index in [4.69, 9.17) is 9.47 Å². The molecular formula is C27H29N3O8S. The number of nitrogens with zero attached hydrogens (tertiary/aromatic N) is 3. The minimum atomic E-state index is -4.42. The molecule has 0 aromatic heterocycles. The number of ether oxygens (including phenoxy) is 2. The Labute approximate surface area is 226 Å². The van der Waals surface area contributed by atoms with Gasteiger partial charge in [0.2, 0.25) is 0 Å². The molecule has 0 bridgehead atoms. The first-order valence-electron chi connectivity index (χ1n) is 12.3. The quantitative estimate of drug-likeness (QED) is 0.162. The van der Waals surface area contributed by atoms with Gasteiger partial charge in [-0.25, -0.2) is 4.79 Å². The van der Waals surface area contributed by atoms with E-state index in [0.717, 1.165) is 28.4 Å². The summed E-state index contributed by atoms with van der Waals surface area (Å²) in [7, 11) is -4.42. The molecule has 2 aromatic rings. The molecular weight excluding hydrogens is 526 g/mol. The number of anilines is 2. The third-order valence-corrected chi connectivity index (χ3v) is 7.96. The van der Waals surface area contributed by atoms with Crippen LogP contribution in [-0.2, 0) is 39.4 Å². The largest absolute Gasteiger partial charge is 0.466 e. The van der Waals surface area contributed by atoms with Gasteiger partial charge in [-0.2, -0.15) is 18.5 Å². The van der Waals surface area contributed by atoms with Crippen molar-refractivity contribution in [2.24, 2.45) is 5.10 Å². The first kappa shape index (κ1) is 28.0. The molecule has 2 aliphatic heterocycles. The third-order valence-electron chi connectivity index (χ3n) is 7.09. The van der Waals surface area contributed by atoms with Gasteiger partial charge in [-0.1, -0.05) is 19.9 Å². The Balaban J connectivity index is 1.72. The summed E-state index contributed by atoms with van der Waals surface area (Å²) in [5, 5.41) is 5.18. The lowest BCUT2D eigenvalue weighted by atomic mass is 9.80. The number of carbonyl (C=O) groups is 3. The first-order valence-corrected chi connectivity index (χ1v) is 13.7. The molecule has 0 radical (unpaired) electrons. The van der Waals surface area contributed by atoms with Crippen molar-refractivity contribution in [1.29, 1.82) is 0 Å². The van der Waals surface area contributed by atoms with Gasteiger partial charge in [0.05, 0.1) is 29.3 Å². The topological polar surface area (TPSA) is 143 Å². The van der Waals surface area contributed by atoms with E-state index in [1.807, 2.05) is 18.2 Å². The van der Waals surface area contributed by atoms with Gasteiger partial charge in [0.25, 0.3) is 22.5 Å². The summed E-state index contributed by atoms with van der Waals surface area (Å²) in [5.74, 6) is -1.37. The maximum Gasteiger partial charge on any atom is 0.359 e. The van der Waals surface area contributed by atoms with Crippen LogP contribution in [-0.4, -0.2) is 62.8 Å². The number of benzene rings is 2. The highest BCUT2D eigenvalue weighted by molar-refractivity contribution is 7.85. The highest BCUT2D eigenvalue weighted by Gasteiger charge is 2.42. The second-order valence-electron chi connectivity index (χ2n) is 9.65. The predicted molar refractivity (Wildman–Crippen MR) is 144 cm³/mol. The molecule has 0 saturated heterocycles. The van der Waals surface area contributed by atoms with Gasteiger partial charge < -0.3 is 14.4 Å². The number of hydrazone groups is 1. The Morgan fingerprint density at radius 3 is 2.49 bits per heavy atom. The van der Waals surface area contributed by atoms with Gasteiger partial charge in [0.15, 0.2) is 5.71 Å². The molecule has 39 heavy (non-hydrogen) atoms. The standard InChI is InChI=1S/C27H29N3O8S/c1-5-38-26(33)24-21(25(32)30(28-24)19-7-9-20(10-8-19)39(34,35)36)14-18-6-11-23-22(15-18)27(3,4)17(2)29(23)12-13-37-16-31/h6-11,14-17H,5,12-13H2,1-4H3,(H,34,35,36). The lowest BCUT2D eigenvalue weighted by molar-refractivity contribution is -0.135. The summed E-state index contributed by atoms with van der Waals surface area (Å²) in [6, 6.07) is 10.7. The summed E-state index contributed by atoms with van der Waals surface area (Å²) < 4.78 is 42.0. The highest BCUT2D eigenvalue weighted by atomic mass is 32.2. The zero-order valence-corrected chi connectivity index (χ0v) is 22.8. The Kier molecular flexibility index (Phi) is 7.62. The lowest BCUT2D eigenvalue weighted by Gasteiger charge is -2.31. The number of carbonyl (C=O) groups excluding carboxylic acids is 3. The molecule has 1 amide bonds. The van der Waals surface area contributed by atoms with Crippen LogP contribution in [0, 0.1) is 0 Å². The van der Waals surface area contributed by atoms with Crippen molar-refractivity contribution in [2.75, 3.05) is 29.7 Å². The monoisotopic (exact) mass is 555 g/mol. The predicted octanol–water partition coefficient (Wildman–Crippen LogP) is 2.94. The van der Waals surface area contributed by atoms with Crippen LogP contribution in [0.1, 0.15) is 38.8 Å². The molecule has 2 heterocycles. The average Bonchev–Trinajstić information content (AvgIpc) is 3.30. The van der Waals surface area contributed by atoms with Crippen LogP contribution in [0.3, 0.4) is 0 Å². The highest BCUT2D eigenvalue weighted by Crippen LogP contribution is 2.45. The fraction of sp³-hybridized carbons (Fsp3) is 0.333. The van der Waals surface area contributed by atoms with Crippen LogP contribution in [0.25, 0.3) is 6.08 Å². The average molecular weight is 556 g/mol. The van der Waals surface area contributed by atoms with Crippen LogP contribution in [0.15, 0.2) is 58.0 Å². The number of amides is 1. The second-order valence-corrected chi connectivity index (χ2v) is 11.1. The van der Waals surface area contributed by atoms with E-state index in [9.17, 15) is 27.4 Å². The second kappa shape index (κ2) is 10.6. The normalized spacial score (nSPS) is 19.2. The number of fused-ring (bicyclic) bond motifs is 1. The van der Waals surface area contributed by atoms with E-state index in [2.05, 4.69) is 30.8 Å². The Bertz CT molecular complexity index is 1480. The molecule has 4 rings (SSSR count). The van der Waals surface area contributed by atoms with Crippen molar-refractivity contribution < 1.29 is 36.8 Å². The zero-order chi connectivity index (χ0) is 28.5. The van der Waals surface area contributed by atoms with E-state index in [-0.39, 0.29) is 46.5 Å². The van der Waals surface area contributed by atoms with E-state index >= 15 is 0 Å². The molecule has 1 atom stereocenters. The van der Waals surface area contributed by atoms with Gasteiger partial charge >= 0.3 is 5.97 Å². The number of esters is 1. The summed E-state index contributed by atoms with van der Waals surface area (Å²) >= 11 is 0. The Morgan fingerprint density at radius 2 is 1.87 bits per heavy atom. The summed E-state index contributed by atoms with van der Waals surface area (Å²) in [5.41, 5.74) is 2.48. The molecule has 0 spiro atoms. The van der Waals surface area contributed by atoms with E-state index < -0.39 is 22.0 Å². The van der Waals surface area contributed by atoms with Gasteiger partial charge in [0, 0.05) is 17.1 Å². The molecule has 11 nitrogen and oxygen atoms in total. The molecule has 12 heteroatoms. The van der Waals surface area contributed by atoms with Crippen molar-refractivity contribution in [3.8, 4) is 0 Å². The molecule has 0 aliphatic carbocycles. The first-order chi connectivity index (χ1) is 18.4. The van der Waals surface area contributed by atoms with Crippen molar-refractivity contribution in [2.45, 2.75) is 44.0 Å². The number of rotatable bonds is 9. The fourth-order valence-corrected chi connectivity index (χ4v) is 5.22. The molecule has 1 unspecified atom stereocenters. The van der Waals surface area contributed by atoms with Gasteiger partial charge in [0.1, 0.15) is 6.61 Å². The van der Waals surface area contributed by atoms with Crippen molar-refractivity contribution in [1.82, 2.24) is 0 Å². The maximum atomic E-state index is 13.4. The van der Waals surface area contributed by atoms with Crippen LogP contribution < -0.4 is 9.91 Å². The smallest absolute Gasteiger partial charge is 0.359 e. The van der Waals surface area contributed by atoms with Crippen LogP contribution in [0.2, 0.25) is 0 Å². The minimum absolute atomic E-state index is 0.0207. The van der Waals surface area contributed by atoms with Crippen molar-refractivity contribution in [3.05, 3.63) is 59.2 Å². The summed E-state index contributed by atoms with van der Waals surface area (Å²) in [6.45, 7) is 9.24. The van der Waals surface area contributed by atoms with Crippen LogP contribution in [0.4, 0.5) is 11.4 Å². The molecule has 2 aromatic carbocycles. The van der Waals surface area contributed by atoms with E-state index in [0.29, 0.717) is 18.6 Å². The van der Waals surface area contributed by atoms with Gasteiger partial charge in [-0.15, -0.1) is 0 Å². The zero-order valence-electron chi connectivity index (χ0n) is 21.9. The molecule has 2 aliphatic rings. The van der Waals surface area contributed by atoms with Crippen LogP contribution >= 0.6 is 0 Å². The minimum Gasteiger partial charge on any atom is -0.466 e. The molecule has 206 valence electrons. The molecule has 1 N–H and O–H groups in total. The Hall–Kier alpha value is -4.03. The van der Waals surface area contributed by atoms with E-state index in [1.165, 1.54) is 12.1 Å². The lowest BCUT2D eigenvalue weighted by Crippen LogP contribution is -2.40. The molecule has 0 saturated carbocycles. The third kappa shape index (κ3) is 5.30. The Morgan fingerprint density at radius 1 is 1.18 bits per heavy atom.